The number of hydrogen-bond acceptors (Lipinski definition) is 6. The molecule has 0 amide bonds. The van der Waals surface area contributed by atoms with E-state index in [0.29, 0.717) is 12.4 Å². The minimum atomic E-state index is 0.479. The van der Waals surface area contributed by atoms with Gasteiger partial charge in [0.2, 0.25) is 5.95 Å². The molecule has 2 aliphatic heterocycles. The average Bonchev–Trinajstić information content (AvgIpc) is 3.36. The van der Waals surface area contributed by atoms with Crippen LogP contribution in [-0.4, -0.2) is 66.6 Å². The summed E-state index contributed by atoms with van der Waals surface area (Å²) in [7, 11) is 0. The van der Waals surface area contributed by atoms with Crippen LogP contribution in [0.15, 0.2) is 70.9 Å². The number of anilines is 1. The van der Waals surface area contributed by atoms with Gasteiger partial charge in [0.15, 0.2) is 0 Å². The van der Waals surface area contributed by atoms with Crippen molar-refractivity contribution in [2.45, 2.75) is 72.2 Å². The number of nitrogens with one attached hydrogen (secondary N) is 1. The number of aromatic nitrogens is 2. The maximum absolute atomic E-state index is 6.15. The molecule has 3 heterocycles. The Morgan fingerprint density at radius 3 is 2.55 bits per heavy atom. The van der Waals surface area contributed by atoms with E-state index in [0.717, 1.165) is 92.6 Å². The van der Waals surface area contributed by atoms with Gasteiger partial charge in [0, 0.05) is 43.8 Å². The Kier molecular flexibility index (Phi) is 18.5. The van der Waals surface area contributed by atoms with Crippen LogP contribution < -0.4 is 11.1 Å². The first-order chi connectivity index (χ1) is 20.7. The highest BCUT2D eigenvalue weighted by molar-refractivity contribution is 6.17. The van der Waals surface area contributed by atoms with Gasteiger partial charge in [0.05, 0.1) is 30.8 Å². The number of allylic oxidation sites excluding steroid dienone is 8. The number of nitrogens with two attached hydrogens (primary N) is 1. The zero-order chi connectivity index (χ0) is 30.4. The zero-order valence-electron chi connectivity index (χ0n) is 26.3. The molecule has 1 fully saturated rings. The third kappa shape index (κ3) is 12.7. The van der Waals surface area contributed by atoms with Crippen molar-refractivity contribution in [2.24, 2.45) is 10.7 Å². The van der Waals surface area contributed by atoms with Crippen molar-refractivity contribution < 1.29 is 4.74 Å². The van der Waals surface area contributed by atoms with E-state index in [1.165, 1.54) is 19.3 Å². The standard InChI is InChI=1S/C27H34ClN5O.C5H13N.C2H6/c1-22-24(9-6-4-2-3-5-7-12-29-22)21-33-26-19-23(20-28)10-11-25(26)31-27(33)30-13-8-14-32-15-17-34-18-16-32;1-2-3-4-5-6;1-2/h2-6,9-12,19H,7-8,13-18,20-21H2,1H3,(H,30,31);2-6H2,1H3;1-2H3/b4-2+,5-3-,9-6-,24-22-,29-12?;;. The lowest BCUT2D eigenvalue weighted by atomic mass is 10.1. The second-order valence-corrected chi connectivity index (χ2v) is 10.3. The normalized spacial score (nSPS) is 19.6. The van der Waals surface area contributed by atoms with Gasteiger partial charge in [0.1, 0.15) is 0 Å². The van der Waals surface area contributed by atoms with Crippen molar-refractivity contribution in [1.82, 2.24) is 14.5 Å². The minimum Gasteiger partial charge on any atom is -0.379 e. The lowest BCUT2D eigenvalue weighted by molar-refractivity contribution is 0.0378. The highest BCUT2D eigenvalue weighted by Gasteiger charge is 2.14. The number of nitrogens with zero attached hydrogens (tertiary/aromatic N) is 4. The quantitative estimate of drug-likeness (QED) is 0.207. The van der Waals surface area contributed by atoms with Crippen LogP contribution in [0.4, 0.5) is 5.95 Å². The summed E-state index contributed by atoms with van der Waals surface area (Å²) >= 11 is 6.15. The molecule has 1 saturated heterocycles. The van der Waals surface area contributed by atoms with Crippen molar-refractivity contribution in [3.05, 3.63) is 71.5 Å². The topological polar surface area (TPSA) is 80.7 Å². The Hall–Kier alpha value is -2.71. The van der Waals surface area contributed by atoms with Crippen LogP contribution in [0.3, 0.4) is 0 Å². The summed E-state index contributed by atoms with van der Waals surface area (Å²) in [6.45, 7) is 15.4. The molecule has 0 unspecified atom stereocenters. The Balaban J connectivity index is 0.000000686. The van der Waals surface area contributed by atoms with E-state index in [4.69, 9.17) is 32.0 Å². The predicted octanol–water partition coefficient (Wildman–Crippen LogP) is 7.49. The molecule has 2 aromatic rings. The number of hydrogen-bond donors (Lipinski definition) is 2. The number of benzene rings is 1. The Morgan fingerprint density at radius 1 is 1.05 bits per heavy atom. The average molecular weight is 597 g/mol. The van der Waals surface area contributed by atoms with Crippen molar-refractivity contribution in [1.29, 1.82) is 0 Å². The van der Waals surface area contributed by atoms with Gasteiger partial charge in [-0.3, -0.25) is 9.89 Å². The molecule has 1 aromatic heterocycles. The third-order valence-electron chi connectivity index (χ3n) is 6.90. The molecule has 0 saturated carbocycles. The van der Waals surface area contributed by atoms with Gasteiger partial charge in [-0.15, -0.1) is 11.6 Å². The van der Waals surface area contributed by atoms with E-state index in [9.17, 15) is 0 Å². The lowest BCUT2D eigenvalue weighted by Crippen LogP contribution is -2.37. The number of fused-ring (bicyclic) bond motifs is 1. The highest BCUT2D eigenvalue weighted by Crippen LogP contribution is 2.25. The van der Waals surface area contributed by atoms with Crippen molar-refractivity contribution in [2.75, 3.05) is 51.3 Å². The Morgan fingerprint density at radius 2 is 1.83 bits per heavy atom. The number of imidazole rings is 1. The Labute approximate surface area is 259 Å². The number of alkyl halides is 1. The lowest BCUT2D eigenvalue weighted by Gasteiger charge is -2.26. The minimum absolute atomic E-state index is 0.479. The molecule has 0 spiro atoms. The van der Waals surface area contributed by atoms with Crippen LogP contribution in [0.25, 0.3) is 11.0 Å². The summed E-state index contributed by atoms with van der Waals surface area (Å²) in [5.41, 5.74) is 10.5. The Bertz CT molecular complexity index is 1170. The first kappa shape index (κ1) is 35.5. The number of halogens is 1. The SMILES string of the molecule is CC.CCCCCN.C\C1=C(Cn2c(NCCCN3CCOCC3)nc3ccc(CCl)cc32)/C=C\C=C\C=C/CC=N1. The van der Waals surface area contributed by atoms with Crippen LogP contribution in [0.2, 0.25) is 0 Å². The summed E-state index contributed by atoms with van der Waals surface area (Å²) in [5, 5.41) is 3.60. The summed E-state index contributed by atoms with van der Waals surface area (Å²) in [4.78, 5) is 12.1. The molecule has 3 N–H and O–H groups in total. The first-order valence-electron chi connectivity index (χ1n) is 15.7. The summed E-state index contributed by atoms with van der Waals surface area (Å²) in [5.74, 6) is 1.36. The van der Waals surface area contributed by atoms with Crippen molar-refractivity contribution in [3.63, 3.8) is 0 Å². The fourth-order valence-electron chi connectivity index (χ4n) is 4.52. The van der Waals surface area contributed by atoms with Crippen LogP contribution in [0.5, 0.6) is 0 Å². The van der Waals surface area contributed by atoms with Crippen LogP contribution in [0, 0.1) is 0 Å². The van der Waals surface area contributed by atoms with Gasteiger partial charge < -0.3 is 20.4 Å². The molecule has 0 aliphatic carbocycles. The molecule has 42 heavy (non-hydrogen) atoms. The van der Waals surface area contributed by atoms with Gasteiger partial charge in [-0.25, -0.2) is 4.98 Å². The zero-order valence-corrected chi connectivity index (χ0v) is 27.1. The summed E-state index contributed by atoms with van der Waals surface area (Å²) in [6, 6.07) is 6.25. The van der Waals surface area contributed by atoms with E-state index >= 15 is 0 Å². The number of unbranched alkanes of at least 4 members (excludes halogenated alkanes) is 2. The van der Waals surface area contributed by atoms with Crippen LogP contribution in [0.1, 0.15) is 65.4 Å². The van der Waals surface area contributed by atoms with Crippen LogP contribution >= 0.6 is 11.6 Å². The number of rotatable bonds is 11. The summed E-state index contributed by atoms with van der Waals surface area (Å²) < 4.78 is 7.71. The van der Waals surface area contributed by atoms with Crippen molar-refractivity contribution in [3.8, 4) is 0 Å². The molecule has 232 valence electrons. The van der Waals surface area contributed by atoms with Gasteiger partial charge in [-0.05, 0) is 56.1 Å². The number of morpholine rings is 1. The molecule has 7 nitrogen and oxygen atoms in total. The second-order valence-electron chi connectivity index (χ2n) is 10.0. The maximum atomic E-state index is 6.15. The molecule has 2 aliphatic rings. The van der Waals surface area contributed by atoms with Gasteiger partial charge in [-0.2, -0.15) is 0 Å². The van der Waals surface area contributed by atoms with Gasteiger partial charge >= 0.3 is 0 Å². The third-order valence-corrected chi connectivity index (χ3v) is 7.21. The molecular weight excluding hydrogens is 544 g/mol. The molecule has 0 atom stereocenters. The van der Waals surface area contributed by atoms with E-state index in [2.05, 4.69) is 65.1 Å². The number of aliphatic imine (C=N–C) groups is 1. The van der Waals surface area contributed by atoms with E-state index in [1.54, 1.807) is 0 Å². The molecule has 1 aromatic carbocycles. The van der Waals surface area contributed by atoms with Crippen LogP contribution in [-0.2, 0) is 17.2 Å². The highest BCUT2D eigenvalue weighted by atomic mass is 35.5. The van der Waals surface area contributed by atoms with Gasteiger partial charge in [0.25, 0.3) is 0 Å². The van der Waals surface area contributed by atoms with E-state index < -0.39 is 0 Å². The monoisotopic (exact) mass is 596 g/mol. The molecule has 0 radical (unpaired) electrons. The molecule has 8 heteroatoms. The largest absolute Gasteiger partial charge is 0.379 e. The maximum Gasteiger partial charge on any atom is 0.204 e. The molecular formula is C34H53ClN6O. The fraction of sp³-hybridized carbons (Fsp3) is 0.529. The van der Waals surface area contributed by atoms with E-state index in [-0.39, 0.29) is 0 Å². The predicted molar refractivity (Wildman–Crippen MR) is 183 cm³/mol. The molecule has 0 bridgehead atoms. The summed E-state index contributed by atoms with van der Waals surface area (Å²) in [6.07, 6.45) is 20.0. The van der Waals surface area contributed by atoms with Gasteiger partial charge in [-0.1, -0.05) is 76.1 Å². The number of ether oxygens (including phenoxy) is 1. The van der Waals surface area contributed by atoms with Crippen molar-refractivity contribution >= 4 is 34.8 Å². The smallest absolute Gasteiger partial charge is 0.204 e. The molecule has 4 rings (SSSR count). The van der Waals surface area contributed by atoms with E-state index in [1.807, 2.05) is 38.3 Å². The first-order valence-corrected chi connectivity index (χ1v) is 16.2. The fourth-order valence-corrected chi connectivity index (χ4v) is 4.68. The second kappa shape index (κ2) is 21.9.